The van der Waals surface area contributed by atoms with E-state index in [4.69, 9.17) is 9.47 Å². The van der Waals surface area contributed by atoms with Gasteiger partial charge in [-0.3, -0.25) is 0 Å². The molecule has 1 fully saturated rings. The number of carbonyl (C=O) groups excluding carboxylic acids is 2. The minimum Gasteiger partial charge on any atom is -0.512 e. The lowest BCUT2D eigenvalue weighted by molar-refractivity contribution is -0.140. The van der Waals surface area contributed by atoms with Gasteiger partial charge in [0.2, 0.25) is 0 Å². The second-order valence-corrected chi connectivity index (χ2v) is 7.47. The van der Waals surface area contributed by atoms with Crippen molar-refractivity contribution in [2.24, 2.45) is 11.8 Å². The van der Waals surface area contributed by atoms with Crippen LogP contribution < -0.4 is 0 Å². The van der Waals surface area contributed by atoms with Gasteiger partial charge in [-0.1, -0.05) is 12.1 Å². The van der Waals surface area contributed by atoms with Crippen LogP contribution in [0.1, 0.15) is 48.9 Å². The molecule has 2 N–H and O–H groups in total. The number of aliphatic hydroxyl groups is 1. The van der Waals surface area contributed by atoms with Crippen molar-refractivity contribution in [3.05, 3.63) is 53.3 Å². The minimum absolute atomic E-state index is 0.0409. The first kappa shape index (κ1) is 20.0. The predicted molar refractivity (Wildman–Crippen MR) is 103 cm³/mol. The van der Waals surface area contributed by atoms with E-state index in [2.05, 4.69) is 0 Å². The van der Waals surface area contributed by atoms with Crippen LogP contribution in [0, 0.1) is 11.8 Å². The molecule has 2 aliphatic rings. The Morgan fingerprint density at radius 3 is 2.21 bits per heavy atom. The van der Waals surface area contributed by atoms with E-state index in [1.54, 1.807) is 18.2 Å². The molecule has 0 saturated heterocycles. The maximum absolute atomic E-state index is 12.1. The molecule has 0 unspecified atom stereocenters. The third-order valence-corrected chi connectivity index (χ3v) is 5.27. The van der Waals surface area contributed by atoms with Gasteiger partial charge in [0.05, 0.1) is 30.1 Å². The van der Waals surface area contributed by atoms with Crippen molar-refractivity contribution in [1.82, 2.24) is 0 Å². The Bertz CT molecular complexity index is 771. The Morgan fingerprint density at radius 1 is 0.964 bits per heavy atom. The largest absolute Gasteiger partial charge is 0.512 e. The SMILES string of the molecule is O=C(OCC1CCC(COC(=O)c2cccc(O)c2)CC1)C1=CCCC(O)=C1. The van der Waals surface area contributed by atoms with Gasteiger partial charge in [-0.2, -0.15) is 0 Å². The van der Waals surface area contributed by atoms with E-state index >= 15 is 0 Å². The van der Waals surface area contributed by atoms with Crippen LogP contribution in [0.3, 0.4) is 0 Å². The fourth-order valence-corrected chi connectivity index (χ4v) is 3.58. The Kier molecular flexibility index (Phi) is 6.74. The highest BCUT2D eigenvalue weighted by Gasteiger charge is 2.24. The van der Waals surface area contributed by atoms with Gasteiger partial charge in [0.1, 0.15) is 5.75 Å². The number of aromatic hydroxyl groups is 1. The minimum atomic E-state index is -0.427. The molecule has 0 amide bonds. The first-order valence-corrected chi connectivity index (χ1v) is 9.74. The number of hydrogen-bond acceptors (Lipinski definition) is 6. The second kappa shape index (κ2) is 9.44. The van der Waals surface area contributed by atoms with Gasteiger partial charge in [0, 0.05) is 6.42 Å². The number of rotatable bonds is 6. The Morgan fingerprint density at radius 2 is 1.61 bits per heavy atom. The molecule has 1 aromatic carbocycles. The van der Waals surface area contributed by atoms with Gasteiger partial charge < -0.3 is 19.7 Å². The summed E-state index contributed by atoms with van der Waals surface area (Å²) >= 11 is 0. The summed E-state index contributed by atoms with van der Waals surface area (Å²) in [5, 5.41) is 18.9. The number of aliphatic hydroxyl groups excluding tert-OH is 1. The van der Waals surface area contributed by atoms with Gasteiger partial charge in [0.25, 0.3) is 0 Å². The second-order valence-electron chi connectivity index (χ2n) is 7.47. The zero-order valence-electron chi connectivity index (χ0n) is 15.8. The molecular formula is C22H26O6. The maximum atomic E-state index is 12.1. The lowest BCUT2D eigenvalue weighted by Gasteiger charge is -2.28. The maximum Gasteiger partial charge on any atom is 0.338 e. The van der Waals surface area contributed by atoms with Crippen molar-refractivity contribution in [3.63, 3.8) is 0 Å². The quantitative estimate of drug-likeness (QED) is 0.716. The summed E-state index contributed by atoms with van der Waals surface area (Å²) in [4.78, 5) is 24.1. The van der Waals surface area contributed by atoms with Crippen molar-refractivity contribution < 1.29 is 29.3 Å². The third-order valence-electron chi connectivity index (χ3n) is 5.27. The average molecular weight is 386 g/mol. The van der Waals surface area contributed by atoms with Crippen LogP contribution >= 0.6 is 0 Å². The molecule has 0 bridgehead atoms. The molecule has 0 aromatic heterocycles. The number of phenolic OH excluding ortho intramolecular Hbond substituents is 1. The molecule has 150 valence electrons. The van der Waals surface area contributed by atoms with E-state index in [9.17, 15) is 19.8 Å². The Labute approximate surface area is 164 Å². The number of esters is 2. The standard InChI is InChI=1S/C22H26O6/c23-19-5-1-3-17(11-19)21(25)27-13-15-7-9-16(10-8-15)14-28-22(26)18-4-2-6-20(24)12-18/h1,3-5,11-12,15-16,23-24H,2,6-10,13-14H2. The Hall–Kier alpha value is -2.76. The van der Waals surface area contributed by atoms with E-state index in [1.807, 2.05) is 0 Å². The fourth-order valence-electron chi connectivity index (χ4n) is 3.58. The first-order valence-electron chi connectivity index (χ1n) is 9.74. The number of benzene rings is 1. The van der Waals surface area contributed by atoms with E-state index in [-0.39, 0.29) is 17.5 Å². The number of allylic oxidation sites excluding steroid dienone is 2. The third kappa shape index (κ3) is 5.62. The van der Waals surface area contributed by atoms with E-state index in [0.29, 0.717) is 49.0 Å². The molecule has 3 rings (SSSR count). The number of phenols is 1. The molecule has 28 heavy (non-hydrogen) atoms. The average Bonchev–Trinajstić information content (AvgIpc) is 2.71. The fraction of sp³-hybridized carbons (Fsp3) is 0.455. The zero-order valence-corrected chi connectivity index (χ0v) is 15.8. The van der Waals surface area contributed by atoms with E-state index < -0.39 is 5.97 Å². The first-order chi connectivity index (χ1) is 13.5. The lowest BCUT2D eigenvalue weighted by atomic mass is 9.83. The molecule has 6 nitrogen and oxygen atoms in total. The van der Waals surface area contributed by atoms with Gasteiger partial charge in [-0.25, -0.2) is 9.59 Å². The molecule has 1 saturated carbocycles. The van der Waals surface area contributed by atoms with Gasteiger partial charge in [0.15, 0.2) is 0 Å². The van der Waals surface area contributed by atoms with Crippen LogP contribution in [0.25, 0.3) is 0 Å². The van der Waals surface area contributed by atoms with Gasteiger partial charge in [-0.15, -0.1) is 0 Å². The van der Waals surface area contributed by atoms with Crippen molar-refractivity contribution in [2.45, 2.75) is 38.5 Å². The monoisotopic (exact) mass is 386 g/mol. The summed E-state index contributed by atoms with van der Waals surface area (Å²) in [7, 11) is 0. The summed E-state index contributed by atoms with van der Waals surface area (Å²) in [6, 6.07) is 6.13. The molecular weight excluding hydrogens is 360 g/mol. The molecule has 2 aliphatic carbocycles. The summed E-state index contributed by atoms with van der Waals surface area (Å²) < 4.78 is 10.8. The summed E-state index contributed by atoms with van der Waals surface area (Å²) in [6.07, 6.45) is 8.15. The Balaban J connectivity index is 1.36. The normalized spacial score (nSPS) is 22.0. The van der Waals surface area contributed by atoms with Crippen molar-refractivity contribution in [3.8, 4) is 5.75 Å². The number of ether oxygens (including phenoxy) is 2. The van der Waals surface area contributed by atoms with Gasteiger partial charge in [-0.05, 0) is 68.2 Å². The van der Waals surface area contributed by atoms with Crippen LogP contribution in [0.15, 0.2) is 47.7 Å². The van der Waals surface area contributed by atoms with Crippen LogP contribution in [0.5, 0.6) is 5.75 Å². The summed E-state index contributed by atoms with van der Waals surface area (Å²) in [6.45, 7) is 0.735. The molecule has 6 heteroatoms. The highest BCUT2D eigenvalue weighted by molar-refractivity contribution is 5.92. The van der Waals surface area contributed by atoms with Crippen molar-refractivity contribution >= 4 is 11.9 Å². The molecule has 0 radical (unpaired) electrons. The summed E-state index contributed by atoms with van der Waals surface area (Å²) in [5.74, 6) is 0.0599. The van der Waals surface area contributed by atoms with Crippen molar-refractivity contribution in [2.75, 3.05) is 13.2 Å². The topological polar surface area (TPSA) is 93.1 Å². The van der Waals surface area contributed by atoms with Crippen LogP contribution in [-0.2, 0) is 14.3 Å². The number of carbonyl (C=O) groups is 2. The van der Waals surface area contributed by atoms with Crippen LogP contribution in [0.2, 0.25) is 0 Å². The van der Waals surface area contributed by atoms with Crippen LogP contribution in [-0.4, -0.2) is 35.4 Å². The highest BCUT2D eigenvalue weighted by atomic mass is 16.5. The van der Waals surface area contributed by atoms with Crippen LogP contribution in [0.4, 0.5) is 0 Å². The molecule has 0 atom stereocenters. The zero-order chi connectivity index (χ0) is 19.9. The molecule has 0 aliphatic heterocycles. The number of hydrogen-bond donors (Lipinski definition) is 2. The molecule has 0 heterocycles. The predicted octanol–water partition coefficient (Wildman–Crippen LogP) is 4.06. The molecule has 1 aromatic rings. The lowest BCUT2D eigenvalue weighted by Crippen LogP contribution is -2.24. The molecule has 0 spiro atoms. The summed E-state index contributed by atoms with van der Waals surface area (Å²) in [5.41, 5.74) is 0.772. The van der Waals surface area contributed by atoms with Crippen molar-refractivity contribution in [1.29, 1.82) is 0 Å². The van der Waals surface area contributed by atoms with Gasteiger partial charge >= 0.3 is 11.9 Å². The van der Waals surface area contributed by atoms with E-state index in [1.165, 1.54) is 18.2 Å². The smallest absolute Gasteiger partial charge is 0.338 e. The highest BCUT2D eigenvalue weighted by Crippen LogP contribution is 2.30. The van der Waals surface area contributed by atoms with E-state index in [0.717, 1.165) is 25.7 Å².